The lowest BCUT2D eigenvalue weighted by Gasteiger charge is -2.39. The second kappa shape index (κ2) is 6.82. The van der Waals surface area contributed by atoms with E-state index in [-0.39, 0.29) is 5.69 Å². The first-order valence-electron chi connectivity index (χ1n) is 8.63. The van der Waals surface area contributed by atoms with Gasteiger partial charge in [0.05, 0.1) is 10.5 Å². The minimum Gasteiger partial charge on any atom is -0.366 e. The number of nitrogens with zero attached hydrogens (tertiary/aromatic N) is 3. The van der Waals surface area contributed by atoms with Crippen LogP contribution in [-0.2, 0) is 6.18 Å². The number of likely N-dealkylation sites (tertiary alicyclic amines) is 1. The van der Waals surface area contributed by atoms with Gasteiger partial charge < -0.3 is 4.90 Å². The van der Waals surface area contributed by atoms with E-state index in [0.717, 1.165) is 25.5 Å². The Balaban J connectivity index is 1.75. The number of rotatable bonds is 3. The van der Waals surface area contributed by atoms with Crippen LogP contribution >= 0.6 is 0 Å². The van der Waals surface area contributed by atoms with E-state index in [4.69, 9.17) is 0 Å². The average molecular weight is 357 g/mol. The molecule has 0 saturated carbocycles. The van der Waals surface area contributed by atoms with Crippen molar-refractivity contribution in [2.75, 3.05) is 24.5 Å². The first-order chi connectivity index (χ1) is 11.8. The van der Waals surface area contributed by atoms with Gasteiger partial charge in [-0.2, -0.15) is 13.2 Å². The van der Waals surface area contributed by atoms with Crippen LogP contribution in [0.25, 0.3) is 0 Å². The Morgan fingerprint density at radius 1 is 1.16 bits per heavy atom. The highest BCUT2D eigenvalue weighted by atomic mass is 19.4. The van der Waals surface area contributed by atoms with Gasteiger partial charge in [0.1, 0.15) is 5.69 Å². The summed E-state index contributed by atoms with van der Waals surface area (Å²) in [6.45, 7) is 4.56. The zero-order valence-corrected chi connectivity index (χ0v) is 14.1. The maximum atomic E-state index is 12.8. The van der Waals surface area contributed by atoms with Gasteiger partial charge in [-0.25, -0.2) is 0 Å². The number of nitro benzene ring substituents is 1. The van der Waals surface area contributed by atoms with Crippen LogP contribution in [0.4, 0.5) is 24.5 Å². The number of alkyl halides is 3. The van der Waals surface area contributed by atoms with Crippen molar-refractivity contribution in [2.45, 2.75) is 50.9 Å². The minimum atomic E-state index is -4.58. The lowest BCUT2D eigenvalue weighted by molar-refractivity contribution is -0.384. The molecule has 8 heteroatoms. The molecule has 1 aromatic rings. The zero-order chi connectivity index (χ0) is 18.2. The summed E-state index contributed by atoms with van der Waals surface area (Å²) in [6.07, 6.45) is -0.427. The molecule has 1 aromatic carbocycles. The second-order valence-electron chi connectivity index (χ2n) is 6.91. The van der Waals surface area contributed by atoms with Gasteiger partial charge in [0.2, 0.25) is 0 Å². The van der Waals surface area contributed by atoms with E-state index in [2.05, 4.69) is 11.8 Å². The summed E-state index contributed by atoms with van der Waals surface area (Å²) in [5, 5.41) is 11.3. The summed E-state index contributed by atoms with van der Waals surface area (Å²) in [5.41, 5.74) is -1.17. The Hall–Kier alpha value is -1.83. The number of halogens is 3. The molecule has 0 bridgehead atoms. The normalized spacial score (nSPS) is 23.2. The van der Waals surface area contributed by atoms with Crippen molar-refractivity contribution >= 4 is 11.4 Å². The van der Waals surface area contributed by atoms with Crippen molar-refractivity contribution in [3.8, 4) is 0 Å². The lowest BCUT2D eigenvalue weighted by atomic mass is 10.0. The van der Waals surface area contributed by atoms with Gasteiger partial charge in [-0.05, 0) is 51.3 Å². The topological polar surface area (TPSA) is 49.6 Å². The number of anilines is 1. The van der Waals surface area contributed by atoms with E-state index in [1.54, 1.807) is 0 Å². The van der Waals surface area contributed by atoms with Gasteiger partial charge in [-0.3, -0.25) is 15.0 Å². The molecule has 1 unspecified atom stereocenters. The smallest absolute Gasteiger partial charge is 0.366 e. The third-order valence-electron chi connectivity index (χ3n) is 5.38. The molecule has 138 valence electrons. The fourth-order valence-corrected chi connectivity index (χ4v) is 4.05. The van der Waals surface area contributed by atoms with Crippen molar-refractivity contribution in [2.24, 2.45) is 0 Å². The standard InChI is InChI=1S/C17H22F3N3O2/c1-12-3-2-8-22(12)14-6-9-21(10-7-14)15-5-4-13(17(18,19)20)11-16(15)23(24)25/h4-5,11-12,14H,2-3,6-10H2,1H3. The van der Waals surface area contributed by atoms with Crippen LogP contribution in [0.2, 0.25) is 0 Å². The molecule has 2 aliphatic rings. The molecule has 0 radical (unpaired) electrons. The third-order valence-corrected chi connectivity index (χ3v) is 5.38. The summed E-state index contributed by atoms with van der Waals surface area (Å²) < 4.78 is 38.5. The first kappa shape index (κ1) is 18.0. The number of piperidine rings is 1. The van der Waals surface area contributed by atoms with E-state index >= 15 is 0 Å². The predicted octanol–water partition coefficient (Wildman–Crippen LogP) is 4.07. The molecular formula is C17H22F3N3O2. The Morgan fingerprint density at radius 2 is 1.84 bits per heavy atom. The Bertz CT molecular complexity index is 643. The molecule has 0 N–H and O–H groups in total. The van der Waals surface area contributed by atoms with Crippen molar-refractivity contribution in [1.82, 2.24) is 4.90 Å². The zero-order valence-electron chi connectivity index (χ0n) is 14.1. The molecular weight excluding hydrogens is 335 g/mol. The van der Waals surface area contributed by atoms with Crippen LogP contribution in [0.15, 0.2) is 18.2 Å². The molecule has 0 spiro atoms. The largest absolute Gasteiger partial charge is 0.416 e. The van der Waals surface area contributed by atoms with E-state index in [9.17, 15) is 23.3 Å². The summed E-state index contributed by atoms with van der Waals surface area (Å²) >= 11 is 0. The molecule has 0 aromatic heterocycles. The van der Waals surface area contributed by atoms with Crippen molar-refractivity contribution in [3.05, 3.63) is 33.9 Å². The highest BCUT2D eigenvalue weighted by Crippen LogP contribution is 2.38. The van der Waals surface area contributed by atoms with Gasteiger partial charge in [0.15, 0.2) is 0 Å². The fourth-order valence-electron chi connectivity index (χ4n) is 4.05. The molecule has 1 atom stereocenters. The molecule has 0 amide bonds. The van der Waals surface area contributed by atoms with Crippen molar-refractivity contribution < 1.29 is 18.1 Å². The van der Waals surface area contributed by atoms with Gasteiger partial charge >= 0.3 is 6.18 Å². The summed E-state index contributed by atoms with van der Waals surface area (Å²) in [6, 6.07) is 3.83. The monoisotopic (exact) mass is 357 g/mol. The predicted molar refractivity (Wildman–Crippen MR) is 88.7 cm³/mol. The molecule has 2 aliphatic heterocycles. The molecule has 2 saturated heterocycles. The lowest BCUT2D eigenvalue weighted by Crippen LogP contribution is -2.46. The molecule has 3 rings (SSSR count). The molecule has 2 heterocycles. The summed E-state index contributed by atoms with van der Waals surface area (Å²) in [7, 11) is 0. The molecule has 2 fully saturated rings. The molecule has 5 nitrogen and oxygen atoms in total. The maximum Gasteiger partial charge on any atom is 0.416 e. The highest BCUT2D eigenvalue weighted by molar-refractivity contribution is 5.65. The summed E-state index contributed by atoms with van der Waals surface area (Å²) in [5.74, 6) is 0. The van der Waals surface area contributed by atoms with Gasteiger partial charge in [-0.15, -0.1) is 0 Å². The SMILES string of the molecule is CC1CCCN1C1CCN(c2ccc(C(F)(F)F)cc2[N+](=O)[O-])CC1. The Kier molecular flexibility index (Phi) is 4.90. The Morgan fingerprint density at radius 3 is 2.36 bits per heavy atom. The van der Waals surface area contributed by atoms with Crippen LogP contribution < -0.4 is 4.90 Å². The van der Waals surface area contributed by atoms with Crippen LogP contribution in [0.5, 0.6) is 0 Å². The molecule has 25 heavy (non-hydrogen) atoms. The average Bonchev–Trinajstić information content (AvgIpc) is 2.99. The van der Waals surface area contributed by atoms with E-state index in [1.165, 1.54) is 18.9 Å². The van der Waals surface area contributed by atoms with Crippen molar-refractivity contribution in [3.63, 3.8) is 0 Å². The van der Waals surface area contributed by atoms with Gasteiger partial charge in [-0.1, -0.05) is 0 Å². The number of nitro groups is 1. The quantitative estimate of drug-likeness (QED) is 0.604. The summed E-state index contributed by atoms with van der Waals surface area (Å²) in [4.78, 5) is 14.9. The van der Waals surface area contributed by atoms with Crippen LogP contribution in [0, 0.1) is 10.1 Å². The van der Waals surface area contributed by atoms with Crippen LogP contribution in [-0.4, -0.2) is 41.5 Å². The minimum absolute atomic E-state index is 0.283. The molecule has 0 aliphatic carbocycles. The maximum absolute atomic E-state index is 12.8. The fraction of sp³-hybridized carbons (Fsp3) is 0.647. The number of hydrogen-bond donors (Lipinski definition) is 0. The Labute approximate surface area is 144 Å². The number of benzene rings is 1. The third kappa shape index (κ3) is 3.73. The highest BCUT2D eigenvalue weighted by Gasteiger charge is 2.35. The van der Waals surface area contributed by atoms with E-state index in [0.29, 0.717) is 31.2 Å². The van der Waals surface area contributed by atoms with Crippen molar-refractivity contribution in [1.29, 1.82) is 0 Å². The first-order valence-corrected chi connectivity index (χ1v) is 8.63. The van der Waals surface area contributed by atoms with E-state index in [1.807, 2.05) is 4.90 Å². The van der Waals surface area contributed by atoms with Gasteiger partial charge in [0.25, 0.3) is 5.69 Å². The van der Waals surface area contributed by atoms with Gasteiger partial charge in [0, 0.05) is 31.2 Å². The number of hydrogen-bond acceptors (Lipinski definition) is 4. The van der Waals surface area contributed by atoms with E-state index < -0.39 is 22.4 Å². The second-order valence-corrected chi connectivity index (χ2v) is 6.91. The van der Waals surface area contributed by atoms with Crippen LogP contribution in [0.1, 0.15) is 38.2 Å². The van der Waals surface area contributed by atoms with Crippen LogP contribution in [0.3, 0.4) is 0 Å².